The molecule has 1 fully saturated rings. The van der Waals surface area contributed by atoms with Crippen LogP contribution in [0.1, 0.15) is 49.1 Å². The third-order valence-electron chi connectivity index (χ3n) is 4.48. The molecule has 29 heavy (non-hydrogen) atoms. The number of nitrogens with one attached hydrogen (secondary N) is 2. The van der Waals surface area contributed by atoms with E-state index >= 15 is 0 Å². The standard InChI is InChI=1S/C19H23F3N4O2.HI/c1-11(2)15-8-12(28-26-15)10-24-18(23-3)25-16-9-14(16)13-6-4-5-7-17(13)27-19(20,21)22;/h4-8,11,14,16H,9-10H2,1-3H3,(H2,23,24,25);1H. The van der Waals surface area contributed by atoms with Gasteiger partial charge in [-0.05, 0) is 24.0 Å². The van der Waals surface area contributed by atoms with Gasteiger partial charge in [0.2, 0.25) is 0 Å². The number of ether oxygens (including phenoxy) is 1. The summed E-state index contributed by atoms with van der Waals surface area (Å²) in [7, 11) is 1.63. The molecule has 2 unspecified atom stereocenters. The number of benzene rings is 1. The Balaban J connectivity index is 0.00000300. The molecule has 0 amide bonds. The summed E-state index contributed by atoms with van der Waals surface area (Å²) in [4.78, 5) is 4.16. The van der Waals surface area contributed by atoms with E-state index in [1.165, 1.54) is 12.1 Å². The number of halogens is 4. The first-order chi connectivity index (χ1) is 13.3. The quantitative estimate of drug-likeness (QED) is 0.330. The van der Waals surface area contributed by atoms with Crippen molar-refractivity contribution in [3.63, 3.8) is 0 Å². The fraction of sp³-hybridized carbons (Fsp3) is 0.474. The Bertz CT molecular complexity index is 839. The predicted molar refractivity (Wildman–Crippen MR) is 114 cm³/mol. The molecule has 0 aliphatic heterocycles. The number of guanidine groups is 1. The number of rotatable bonds is 6. The van der Waals surface area contributed by atoms with Crippen molar-refractivity contribution in [2.45, 2.75) is 51.1 Å². The molecule has 2 atom stereocenters. The molecule has 0 saturated heterocycles. The Morgan fingerprint density at radius 1 is 1.34 bits per heavy atom. The molecule has 0 bridgehead atoms. The van der Waals surface area contributed by atoms with Crippen molar-refractivity contribution in [2.75, 3.05) is 7.05 Å². The van der Waals surface area contributed by atoms with Gasteiger partial charge in [-0.25, -0.2) is 0 Å². The van der Waals surface area contributed by atoms with Gasteiger partial charge >= 0.3 is 6.36 Å². The second kappa shape index (κ2) is 9.68. The first kappa shape index (κ1) is 23.3. The number of alkyl halides is 3. The molecular formula is C19H24F3IN4O2. The van der Waals surface area contributed by atoms with Crippen molar-refractivity contribution >= 4 is 29.9 Å². The predicted octanol–water partition coefficient (Wildman–Crippen LogP) is 4.54. The number of aromatic nitrogens is 1. The lowest BCUT2D eigenvalue weighted by atomic mass is 10.1. The van der Waals surface area contributed by atoms with E-state index in [2.05, 4.69) is 25.5 Å². The molecule has 1 aromatic heterocycles. The molecule has 1 aliphatic carbocycles. The lowest BCUT2D eigenvalue weighted by molar-refractivity contribution is -0.274. The molecule has 1 saturated carbocycles. The van der Waals surface area contributed by atoms with Crippen LogP contribution in [-0.2, 0) is 6.54 Å². The van der Waals surface area contributed by atoms with Crippen molar-refractivity contribution in [3.8, 4) is 5.75 Å². The van der Waals surface area contributed by atoms with Crippen molar-refractivity contribution in [1.82, 2.24) is 15.8 Å². The van der Waals surface area contributed by atoms with Gasteiger partial charge in [-0.15, -0.1) is 37.1 Å². The molecule has 0 radical (unpaired) electrons. The fourth-order valence-corrected chi connectivity index (χ4v) is 2.93. The molecule has 0 spiro atoms. The lowest BCUT2D eigenvalue weighted by Gasteiger charge is -2.14. The molecule has 1 heterocycles. The van der Waals surface area contributed by atoms with Gasteiger partial charge in [-0.1, -0.05) is 37.2 Å². The summed E-state index contributed by atoms with van der Waals surface area (Å²) in [6.07, 6.45) is -4.02. The first-order valence-electron chi connectivity index (χ1n) is 9.04. The summed E-state index contributed by atoms with van der Waals surface area (Å²) >= 11 is 0. The lowest BCUT2D eigenvalue weighted by Crippen LogP contribution is -2.38. The maximum absolute atomic E-state index is 12.6. The number of hydrogen-bond donors (Lipinski definition) is 2. The Hall–Kier alpha value is -1.98. The van der Waals surface area contributed by atoms with E-state index in [-0.39, 0.29) is 47.6 Å². The van der Waals surface area contributed by atoms with Gasteiger partial charge in [-0.3, -0.25) is 4.99 Å². The van der Waals surface area contributed by atoms with Gasteiger partial charge < -0.3 is 19.9 Å². The number of hydrogen-bond acceptors (Lipinski definition) is 4. The maximum Gasteiger partial charge on any atom is 0.573 e. The van der Waals surface area contributed by atoms with E-state index in [9.17, 15) is 13.2 Å². The second-order valence-corrected chi connectivity index (χ2v) is 6.98. The number of aliphatic imine (C=N–C) groups is 1. The van der Waals surface area contributed by atoms with Crippen molar-refractivity contribution in [1.29, 1.82) is 0 Å². The summed E-state index contributed by atoms with van der Waals surface area (Å²) in [5, 5.41) is 10.3. The van der Waals surface area contributed by atoms with Crippen LogP contribution in [0.3, 0.4) is 0 Å². The van der Waals surface area contributed by atoms with E-state index in [0.717, 1.165) is 5.69 Å². The Morgan fingerprint density at radius 2 is 2.07 bits per heavy atom. The smallest absolute Gasteiger partial charge is 0.405 e. The molecule has 1 aromatic carbocycles. The minimum absolute atomic E-state index is 0. The summed E-state index contributed by atoms with van der Waals surface area (Å²) in [6, 6.07) is 8.09. The molecule has 10 heteroatoms. The van der Waals surface area contributed by atoms with Gasteiger partial charge in [0, 0.05) is 25.1 Å². The zero-order chi connectivity index (χ0) is 20.3. The van der Waals surface area contributed by atoms with Gasteiger partial charge in [0.15, 0.2) is 11.7 Å². The average Bonchev–Trinajstić information content (AvgIpc) is 3.21. The topological polar surface area (TPSA) is 71.7 Å². The van der Waals surface area contributed by atoms with Crippen LogP contribution < -0.4 is 15.4 Å². The second-order valence-electron chi connectivity index (χ2n) is 6.98. The molecular weight excluding hydrogens is 500 g/mol. The average molecular weight is 524 g/mol. The normalized spacial score (nSPS) is 18.9. The van der Waals surface area contributed by atoms with Crippen LogP contribution in [0.5, 0.6) is 5.75 Å². The molecule has 160 valence electrons. The highest BCUT2D eigenvalue weighted by Crippen LogP contribution is 2.45. The van der Waals surface area contributed by atoms with Crippen LogP contribution >= 0.6 is 24.0 Å². The third kappa shape index (κ3) is 6.51. The van der Waals surface area contributed by atoms with Crippen LogP contribution in [-0.4, -0.2) is 30.6 Å². The third-order valence-corrected chi connectivity index (χ3v) is 4.48. The fourth-order valence-electron chi connectivity index (χ4n) is 2.93. The van der Waals surface area contributed by atoms with Crippen LogP contribution in [0.2, 0.25) is 0 Å². The van der Waals surface area contributed by atoms with E-state index in [1.807, 2.05) is 19.9 Å². The van der Waals surface area contributed by atoms with Crippen LogP contribution in [0, 0.1) is 0 Å². The van der Waals surface area contributed by atoms with E-state index in [4.69, 9.17) is 4.52 Å². The first-order valence-corrected chi connectivity index (χ1v) is 9.04. The Morgan fingerprint density at radius 3 is 2.69 bits per heavy atom. The molecule has 3 rings (SSSR count). The molecule has 2 aromatic rings. The van der Waals surface area contributed by atoms with Crippen molar-refractivity contribution in [3.05, 3.63) is 47.3 Å². The Kier molecular flexibility index (Phi) is 7.78. The monoisotopic (exact) mass is 524 g/mol. The van der Waals surface area contributed by atoms with E-state index < -0.39 is 6.36 Å². The highest BCUT2D eigenvalue weighted by Gasteiger charge is 2.42. The molecule has 6 nitrogen and oxygen atoms in total. The van der Waals surface area contributed by atoms with Crippen molar-refractivity contribution in [2.24, 2.45) is 4.99 Å². The van der Waals surface area contributed by atoms with Crippen molar-refractivity contribution < 1.29 is 22.4 Å². The minimum Gasteiger partial charge on any atom is -0.405 e. The van der Waals surface area contributed by atoms with E-state index in [0.29, 0.717) is 30.2 Å². The summed E-state index contributed by atoms with van der Waals surface area (Å²) in [5.41, 5.74) is 1.41. The summed E-state index contributed by atoms with van der Waals surface area (Å²) in [6.45, 7) is 4.47. The summed E-state index contributed by atoms with van der Waals surface area (Å²) < 4.78 is 47.2. The largest absolute Gasteiger partial charge is 0.573 e. The van der Waals surface area contributed by atoms with E-state index in [1.54, 1.807) is 19.2 Å². The molecule has 1 aliphatic rings. The minimum atomic E-state index is -4.71. The number of para-hydroxylation sites is 1. The van der Waals surface area contributed by atoms with Crippen LogP contribution in [0.4, 0.5) is 13.2 Å². The van der Waals surface area contributed by atoms with Gasteiger partial charge in [0.25, 0.3) is 0 Å². The summed E-state index contributed by atoms with van der Waals surface area (Å²) in [5.74, 6) is 1.28. The highest BCUT2D eigenvalue weighted by atomic mass is 127. The van der Waals surface area contributed by atoms with Gasteiger partial charge in [0.05, 0.1) is 12.2 Å². The zero-order valence-corrected chi connectivity index (χ0v) is 18.6. The Labute approximate surface area is 184 Å². The SMILES string of the molecule is CN=C(NCc1cc(C(C)C)no1)NC1CC1c1ccccc1OC(F)(F)F.I. The van der Waals surface area contributed by atoms with Gasteiger partial charge in [-0.2, -0.15) is 0 Å². The van der Waals surface area contributed by atoms with Gasteiger partial charge in [0.1, 0.15) is 5.75 Å². The maximum atomic E-state index is 12.6. The van der Waals surface area contributed by atoms with Crippen LogP contribution in [0.15, 0.2) is 39.8 Å². The zero-order valence-electron chi connectivity index (χ0n) is 16.3. The number of nitrogens with zero attached hydrogens (tertiary/aromatic N) is 2. The highest BCUT2D eigenvalue weighted by molar-refractivity contribution is 14.0. The van der Waals surface area contributed by atoms with Crippen LogP contribution in [0.25, 0.3) is 0 Å². The molecule has 2 N–H and O–H groups in total.